The van der Waals surface area contributed by atoms with Crippen LogP contribution < -0.4 is 14.2 Å². The monoisotopic (exact) mass is 444 g/mol. The topological polar surface area (TPSA) is 68.3 Å². The molecule has 8 heteroatoms. The van der Waals surface area contributed by atoms with Crippen LogP contribution in [0.2, 0.25) is 0 Å². The van der Waals surface area contributed by atoms with Crippen molar-refractivity contribution in [3.05, 3.63) is 53.3 Å². The van der Waals surface area contributed by atoms with Gasteiger partial charge in [-0.05, 0) is 45.0 Å². The molecule has 0 unspecified atom stereocenters. The summed E-state index contributed by atoms with van der Waals surface area (Å²) in [5, 5.41) is 0. The first-order chi connectivity index (χ1) is 15.5. The predicted molar refractivity (Wildman–Crippen MR) is 118 cm³/mol. The standard InChI is InChI=1S/C24H29FN2O5/c1-4-30-20-15-17(16-21(31-5-2)22(20)32-6-3)23(28)26-11-13-27(14-12-26)24(29)18-9-7-8-10-19(18)25/h7-10,15-16H,4-6,11-14H2,1-3H3. The van der Waals surface area contributed by atoms with Crippen molar-refractivity contribution in [2.45, 2.75) is 20.8 Å². The Morgan fingerprint density at radius 2 is 1.31 bits per heavy atom. The number of halogens is 1. The molecule has 172 valence electrons. The lowest BCUT2D eigenvalue weighted by Crippen LogP contribution is -2.50. The summed E-state index contributed by atoms with van der Waals surface area (Å²) in [6.45, 7) is 8.20. The van der Waals surface area contributed by atoms with Gasteiger partial charge in [0.25, 0.3) is 11.8 Å². The van der Waals surface area contributed by atoms with Crippen molar-refractivity contribution >= 4 is 11.8 Å². The molecule has 1 heterocycles. The molecule has 0 spiro atoms. The second-order valence-corrected chi connectivity index (χ2v) is 7.16. The van der Waals surface area contributed by atoms with Gasteiger partial charge in [-0.15, -0.1) is 0 Å². The molecule has 2 aromatic carbocycles. The quantitative estimate of drug-likeness (QED) is 0.622. The summed E-state index contributed by atoms with van der Waals surface area (Å²) in [6, 6.07) is 9.25. The predicted octanol–water partition coefficient (Wildman–Crippen LogP) is 3.62. The highest BCUT2D eigenvalue weighted by Crippen LogP contribution is 2.39. The van der Waals surface area contributed by atoms with Crippen molar-refractivity contribution in [3.63, 3.8) is 0 Å². The summed E-state index contributed by atoms with van der Waals surface area (Å²) >= 11 is 0. The van der Waals surface area contributed by atoms with E-state index in [2.05, 4.69) is 0 Å². The summed E-state index contributed by atoms with van der Waals surface area (Å²) in [7, 11) is 0. The molecule has 0 aromatic heterocycles. The number of rotatable bonds is 8. The number of carbonyl (C=O) groups is 2. The first kappa shape index (κ1) is 23.4. The molecular formula is C24H29FN2O5. The number of benzene rings is 2. The molecule has 1 aliphatic rings. The Morgan fingerprint density at radius 3 is 1.81 bits per heavy atom. The fourth-order valence-corrected chi connectivity index (χ4v) is 3.61. The van der Waals surface area contributed by atoms with E-state index >= 15 is 0 Å². The fraction of sp³-hybridized carbons (Fsp3) is 0.417. The zero-order chi connectivity index (χ0) is 23.1. The molecule has 2 aromatic rings. The maximum Gasteiger partial charge on any atom is 0.256 e. The Bertz CT molecular complexity index is 930. The third-order valence-corrected chi connectivity index (χ3v) is 5.11. The van der Waals surface area contributed by atoms with Crippen molar-refractivity contribution in [2.24, 2.45) is 0 Å². The molecule has 3 rings (SSSR count). The lowest BCUT2D eigenvalue weighted by atomic mass is 10.1. The third kappa shape index (κ3) is 5.12. The minimum atomic E-state index is -0.544. The number of nitrogens with zero attached hydrogens (tertiary/aromatic N) is 2. The number of piperazine rings is 1. The Labute approximate surface area is 187 Å². The van der Waals surface area contributed by atoms with Crippen molar-refractivity contribution in [1.82, 2.24) is 9.80 Å². The highest BCUT2D eigenvalue weighted by Gasteiger charge is 2.28. The van der Waals surface area contributed by atoms with Crippen LogP contribution in [0.25, 0.3) is 0 Å². The molecule has 1 aliphatic heterocycles. The molecule has 0 N–H and O–H groups in total. The van der Waals surface area contributed by atoms with Gasteiger partial charge in [-0.1, -0.05) is 12.1 Å². The Morgan fingerprint density at radius 1 is 0.812 bits per heavy atom. The van der Waals surface area contributed by atoms with Gasteiger partial charge in [0.1, 0.15) is 5.82 Å². The van der Waals surface area contributed by atoms with Crippen LogP contribution in [-0.2, 0) is 0 Å². The van der Waals surface area contributed by atoms with E-state index in [-0.39, 0.29) is 17.4 Å². The van der Waals surface area contributed by atoms with Crippen molar-refractivity contribution in [3.8, 4) is 17.2 Å². The van der Waals surface area contributed by atoms with E-state index in [0.717, 1.165) is 0 Å². The Balaban J connectivity index is 1.75. The molecule has 0 bridgehead atoms. The lowest BCUT2D eigenvalue weighted by Gasteiger charge is -2.35. The number of amides is 2. The maximum atomic E-state index is 14.0. The second kappa shape index (κ2) is 10.8. The molecule has 32 heavy (non-hydrogen) atoms. The highest BCUT2D eigenvalue weighted by molar-refractivity contribution is 5.97. The Kier molecular flexibility index (Phi) is 7.92. The molecule has 0 saturated carbocycles. The Hall–Kier alpha value is -3.29. The van der Waals surface area contributed by atoms with Gasteiger partial charge in [0.05, 0.1) is 25.4 Å². The lowest BCUT2D eigenvalue weighted by molar-refractivity contribution is 0.0532. The molecule has 0 radical (unpaired) electrons. The molecular weight excluding hydrogens is 415 g/mol. The first-order valence-electron chi connectivity index (χ1n) is 10.9. The van der Waals surface area contributed by atoms with Crippen LogP contribution in [0.5, 0.6) is 17.2 Å². The minimum Gasteiger partial charge on any atom is -0.490 e. The molecule has 7 nitrogen and oxygen atoms in total. The van der Waals surface area contributed by atoms with Gasteiger partial charge >= 0.3 is 0 Å². The average Bonchev–Trinajstić information content (AvgIpc) is 2.81. The summed E-state index contributed by atoms with van der Waals surface area (Å²) in [5.41, 5.74) is 0.468. The van der Waals surface area contributed by atoms with Gasteiger partial charge in [-0.25, -0.2) is 4.39 Å². The minimum absolute atomic E-state index is 0.0431. The van der Waals surface area contributed by atoms with E-state index in [1.807, 2.05) is 20.8 Å². The van der Waals surface area contributed by atoms with Gasteiger partial charge in [-0.2, -0.15) is 0 Å². The zero-order valence-corrected chi connectivity index (χ0v) is 18.7. The van der Waals surface area contributed by atoms with Gasteiger partial charge in [0.2, 0.25) is 5.75 Å². The van der Waals surface area contributed by atoms with E-state index in [9.17, 15) is 14.0 Å². The third-order valence-electron chi connectivity index (χ3n) is 5.11. The van der Waals surface area contributed by atoms with E-state index < -0.39 is 5.82 Å². The molecule has 0 aliphatic carbocycles. The van der Waals surface area contributed by atoms with Crippen molar-refractivity contribution < 1.29 is 28.2 Å². The second-order valence-electron chi connectivity index (χ2n) is 7.16. The number of ether oxygens (including phenoxy) is 3. The molecule has 2 amide bonds. The molecule has 1 fully saturated rings. The van der Waals surface area contributed by atoms with Crippen LogP contribution in [0, 0.1) is 5.82 Å². The van der Waals surface area contributed by atoms with Crippen LogP contribution in [0.15, 0.2) is 36.4 Å². The average molecular weight is 445 g/mol. The largest absolute Gasteiger partial charge is 0.490 e. The highest BCUT2D eigenvalue weighted by atomic mass is 19.1. The van der Waals surface area contributed by atoms with Crippen LogP contribution in [-0.4, -0.2) is 67.6 Å². The van der Waals surface area contributed by atoms with Gasteiger partial charge < -0.3 is 24.0 Å². The first-order valence-corrected chi connectivity index (χ1v) is 10.9. The summed E-state index contributed by atoms with van der Waals surface area (Å²) in [5.74, 6) is 0.292. The fourth-order valence-electron chi connectivity index (χ4n) is 3.61. The number of carbonyl (C=O) groups excluding carboxylic acids is 2. The smallest absolute Gasteiger partial charge is 0.256 e. The molecule has 1 saturated heterocycles. The van der Waals surface area contributed by atoms with Gasteiger partial charge in [0, 0.05) is 31.7 Å². The number of hydrogen-bond acceptors (Lipinski definition) is 5. The van der Waals surface area contributed by atoms with E-state index in [1.165, 1.54) is 12.1 Å². The van der Waals surface area contributed by atoms with E-state index in [1.54, 1.807) is 34.1 Å². The summed E-state index contributed by atoms with van der Waals surface area (Å²) in [4.78, 5) is 29.1. The van der Waals surface area contributed by atoms with E-state index in [0.29, 0.717) is 68.8 Å². The van der Waals surface area contributed by atoms with E-state index in [4.69, 9.17) is 14.2 Å². The van der Waals surface area contributed by atoms with Crippen LogP contribution in [0.4, 0.5) is 4.39 Å². The normalized spacial score (nSPS) is 13.6. The maximum absolute atomic E-state index is 14.0. The SMILES string of the molecule is CCOc1cc(C(=O)N2CCN(C(=O)c3ccccc3F)CC2)cc(OCC)c1OCC. The van der Waals surface area contributed by atoms with Gasteiger partial charge in [-0.3, -0.25) is 9.59 Å². The summed E-state index contributed by atoms with van der Waals surface area (Å²) < 4.78 is 31.1. The zero-order valence-electron chi connectivity index (χ0n) is 18.7. The van der Waals surface area contributed by atoms with Crippen LogP contribution in [0.1, 0.15) is 41.5 Å². The number of hydrogen-bond donors (Lipinski definition) is 0. The van der Waals surface area contributed by atoms with Crippen LogP contribution in [0.3, 0.4) is 0 Å². The van der Waals surface area contributed by atoms with Crippen molar-refractivity contribution in [1.29, 1.82) is 0 Å². The van der Waals surface area contributed by atoms with Gasteiger partial charge in [0.15, 0.2) is 11.5 Å². The van der Waals surface area contributed by atoms with Crippen molar-refractivity contribution in [2.75, 3.05) is 46.0 Å². The summed E-state index contributed by atoms with van der Waals surface area (Å²) in [6.07, 6.45) is 0. The van der Waals surface area contributed by atoms with Crippen LogP contribution >= 0.6 is 0 Å². The molecule has 0 atom stereocenters.